The van der Waals surface area contributed by atoms with Crippen LogP contribution in [0.2, 0.25) is 0 Å². The SMILES string of the molecule is CC1CCC(NC(=O)C(C)(C)CCO)CC1. The smallest absolute Gasteiger partial charge is 0.225 e. The topological polar surface area (TPSA) is 49.3 Å². The van der Waals surface area contributed by atoms with Gasteiger partial charge in [0.25, 0.3) is 0 Å². The molecule has 0 saturated heterocycles. The fourth-order valence-electron chi connectivity index (χ4n) is 2.18. The molecule has 1 saturated carbocycles. The van der Waals surface area contributed by atoms with E-state index < -0.39 is 5.41 Å². The molecule has 0 aromatic carbocycles. The monoisotopic (exact) mass is 227 g/mol. The molecule has 0 atom stereocenters. The van der Waals surface area contributed by atoms with Crippen molar-refractivity contribution in [3.63, 3.8) is 0 Å². The van der Waals surface area contributed by atoms with Crippen molar-refractivity contribution in [1.29, 1.82) is 0 Å². The fraction of sp³-hybridized carbons (Fsp3) is 0.923. The molecule has 1 rings (SSSR count). The summed E-state index contributed by atoms with van der Waals surface area (Å²) in [6.45, 7) is 6.13. The van der Waals surface area contributed by atoms with Gasteiger partial charge in [0.2, 0.25) is 5.91 Å². The van der Waals surface area contributed by atoms with Gasteiger partial charge in [0.1, 0.15) is 0 Å². The zero-order valence-electron chi connectivity index (χ0n) is 10.8. The number of hydrogen-bond acceptors (Lipinski definition) is 2. The number of carbonyl (C=O) groups excluding carboxylic acids is 1. The standard InChI is InChI=1S/C13H25NO2/c1-10-4-6-11(7-5-10)14-12(16)13(2,3)8-9-15/h10-11,15H,4-9H2,1-3H3,(H,14,16). The summed E-state index contributed by atoms with van der Waals surface area (Å²) in [7, 11) is 0. The summed E-state index contributed by atoms with van der Waals surface area (Å²) in [6.07, 6.45) is 5.16. The van der Waals surface area contributed by atoms with Gasteiger partial charge >= 0.3 is 0 Å². The summed E-state index contributed by atoms with van der Waals surface area (Å²) in [6, 6.07) is 0.349. The molecular formula is C13H25NO2. The number of aliphatic hydroxyl groups is 1. The second-order valence-electron chi connectivity index (χ2n) is 5.79. The normalized spacial score (nSPS) is 26.5. The number of carbonyl (C=O) groups is 1. The lowest BCUT2D eigenvalue weighted by molar-refractivity contribution is -0.131. The third kappa shape index (κ3) is 3.78. The van der Waals surface area contributed by atoms with E-state index in [0.29, 0.717) is 12.5 Å². The van der Waals surface area contributed by atoms with Crippen molar-refractivity contribution in [2.45, 2.75) is 58.9 Å². The number of nitrogens with one attached hydrogen (secondary N) is 1. The molecule has 1 amide bonds. The summed E-state index contributed by atoms with van der Waals surface area (Å²) in [5.74, 6) is 0.889. The zero-order chi connectivity index (χ0) is 12.2. The largest absolute Gasteiger partial charge is 0.396 e. The molecule has 0 aromatic heterocycles. The second-order valence-corrected chi connectivity index (χ2v) is 5.79. The van der Waals surface area contributed by atoms with Gasteiger partial charge in [-0.15, -0.1) is 0 Å². The maximum absolute atomic E-state index is 12.0. The third-order valence-corrected chi connectivity index (χ3v) is 3.70. The lowest BCUT2D eigenvalue weighted by atomic mass is 9.85. The van der Waals surface area contributed by atoms with Crippen LogP contribution in [0.5, 0.6) is 0 Å². The Morgan fingerprint density at radius 3 is 2.38 bits per heavy atom. The second kappa shape index (κ2) is 5.67. The molecule has 0 spiro atoms. The van der Waals surface area contributed by atoms with E-state index in [2.05, 4.69) is 12.2 Å². The van der Waals surface area contributed by atoms with Crippen molar-refractivity contribution >= 4 is 5.91 Å². The average molecular weight is 227 g/mol. The van der Waals surface area contributed by atoms with E-state index in [1.807, 2.05) is 13.8 Å². The molecule has 0 heterocycles. The van der Waals surface area contributed by atoms with Crippen molar-refractivity contribution in [1.82, 2.24) is 5.32 Å². The van der Waals surface area contributed by atoms with Gasteiger partial charge in [0, 0.05) is 18.1 Å². The van der Waals surface area contributed by atoms with Crippen LogP contribution in [0.25, 0.3) is 0 Å². The lowest BCUT2D eigenvalue weighted by Crippen LogP contribution is -2.44. The Kier molecular flexibility index (Phi) is 4.78. The highest BCUT2D eigenvalue weighted by Crippen LogP contribution is 2.25. The Labute approximate surface area is 98.6 Å². The molecule has 0 bridgehead atoms. The van der Waals surface area contributed by atoms with Crippen LogP contribution in [0.3, 0.4) is 0 Å². The van der Waals surface area contributed by atoms with Gasteiger partial charge in [-0.1, -0.05) is 20.8 Å². The number of hydrogen-bond donors (Lipinski definition) is 2. The van der Waals surface area contributed by atoms with E-state index in [1.54, 1.807) is 0 Å². The minimum Gasteiger partial charge on any atom is -0.396 e. The van der Waals surface area contributed by atoms with Gasteiger partial charge in [-0.25, -0.2) is 0 Å². The van der Waals surface area contributed by atoms with Crippen LogP contribution in [0.15, 0.2) is 0 Å². The van der Waals surface area contributed by atoms with Gasteiger partial charge in [-0.3, -0.25) is 4.79 Å². The molecule has 3 nitrogen and oxygen atoms in total. The highest BCUT2D eigenvalue weighted by molar-refractivity contribution is 5.82. The van der Waals surface area contributed by atoms with Crippen LogP contribution in [-0.4, -0.2) is 23.7 Å². The highest BCUT2D eigenvalue weighted by atomic mass is 16.3. The highest BCUT2D eigenvalue weighted by Gasteiger charge is 2.29. The summed E-state index contributed by atoms with van der Waals surface area (Å²) < 4.78 is 0. The molecule has 1 aliphatic carbocycles. The van der Waals surface area contributed by atoms with Gasteiger partial charge in [0.15, 0.2) is 0 Å². The van der Waals surface area contributed by atoms with Crippen molar-refractivity contribution in [3.8, 4) is 0 Å². The van der Waals surface area contributed by atoms with Crippen LogP contribution in [0.4, 0.5) is 0 Å². The van der Waals surface area contributed by atoms with Gasteiger partial charge < -0.3 is 10.4 Å². The lowest BCUT2D eigenvalue weighted by Gasteiger charge is -2.30. The van der Waals surface area contributed by atoms with Crippen molar-refractivity contribution in [2.75, 3.05) is 6.61 Å². The van der Waals surface area contributed by atoms with Crippen LogP contribution in [0.1, 0.15) is 52.9 Å². The first kappa shape index (κ1) is 13.5. The summed E-state index contributed by atoms with van der Waals surface area (Å²) in [5, 5.41) is 12.0. The molecule has 1 fully saturated rings. The molecule has 2 N–H and O–H groups in total. The molecule has 3 heteroatoms. The van der Waals surface area contributed by atoms with Gasteiger partial charge in [-0.2, -0.15) is 0 Å². The van der Waals surface area contributed by atoms with E-state index in [1.165, 1.54) is 12.8 Å². The average Bonchev–Trinajstić information content (AvgIpc) is 2.21. The quantitative estimate of drug-likeness (QED) is 0.772. The number of rotatable bonds is 4. The summed E-state index contributed by atoms with van der Waals surface area (Å²) in [4.78, 5) is 12.0. The first-order valence-electron chi connectivity index (χ1n) is 6.37. The summed E-state index contributed by atoms with van der Waals surface area (Å²) in [5.41, 5.74) is -0.447. The maximum Gasteiger partial charge on any atom is 0.225 e. The Morgan fingerprint density at radius 2 is 1.88 bits per heavy atom. The van der Waals surface area contributed by atoms with E-state index in [0.717, 1.165) is 18.8 Å². The van der Waals surface area contributed by atoms with E-state index in [4.69, 9.17) is 5.11 Å². The van der Waals surface area contributed by atoms with E-state index >= 15 is 0 Å². The molecule has 16 heavy (non-hydrogen) atoms. The minimum absolute atomic E-state index is 0.0715. The third-order valence-electron chi connectivity index (χ3n) is 3.70. The molecular weight excluding hydrogens is 202 g/mol. The first-order chi connectivity index (χ1) is 7.45. The van der Waals surface area contributed by atoms with E-state index in [-0.39, 0.29) is 12.5 Å². The Morgan fingerprint density at radius 1 is 1.31 bits per heavy atom. The molecule has 1 aliphatic rings. The van der Waals surface area contributed by atoms with Crippen LogP contribution in [-0.2, 0) is 4.79 Å². The Bertz CT molecular complexity index is 230. The molecule has 0 aromatic rings. The first-order valence-corrected chi connectivity index (χ1v) is 6.37. The van der Waals surface area contributed by atoms with Crippen molar-refractivity contribution < 1.29 is 9.90 Å². The van der Waals surface area contributed by atoms with Crippen molar-refractivity contribution in [3.05, 3.63) is 0 Å². The van der Waals surface area contributed by atoms with Gasteiger partial charge in [-0.05, 0) is 38.0 Å². The van der Waals surface area contributed by atoms with E-state index in [9.17, 15) is 4.79 Å². The molecule has 0 radical (unpaired) electrons. The Hall–Kier alpha value is -0.570. The predicted molar refractivity (Wildman–Crippen MR) is 65.0 cm³/mol. The van der Waals surface area contributed by atoms with Crippen LogP contribution >= 0.6 is 0 Å². The minimum atomic E-state index is -0.447. The van der Waals surface area contributed by atoms with Gasteiger partial charge in [0.05, 0.1) is 0 Å². The van der Waals surface area contributed by atoms with Crippen LogP contribution in [0, 0.1) is 11.3 Å². The predicted octanol–water partition coefficient (Wildman–Crippen LogP) is 2.09. The maximum atomic E-state index is 12.0. The zero-order valence-corrected chi connectivity index (χ0v) is 10.8. The van der Waals surface area contributed by atoms with Crippen molar-refractivity contribution in [2.24, 2.45) is 11.3 Å². The number of aliphatic hydroxyl groups excluding tert-OH is 1. The molecule has 0 unspecified atom stereocenters. The molecule has 0 aliphatic heterocycles. The fourth-order valence-corrected chi connectivity index (χ4v) is 2.18. The van der Waals surface area contributed by atoms with Crippen LogP contribution < -0.4 is 5.32 Å². The summed E-state index contributed by atoms with van der Waals surface area (Å²) >= 11 is 0. The number of amides is 1. The Balaban J connectivity index is 2.39. The molecule has 94 valence electrons.